The quantitative estimate of drug-likeness (QED) is 0.917. The van der Waals surface area contributed by atoms with Crippen molar-refractivity contribution in [3.63, 3.8) is 0 Å². The Hall–Kier alpha value is -0.830. The summed E-state index contributed by atoms with van der Waals surface area (Å²) in [5.41, 5.74) is 2.91. The van der Waals surface area contributed by atoms with Gasteiger partial charge in [-0.1, -0.05) is 20.8 Å². The van der Waals surface area contributed by atoms with Crippen LogP contribution in [0.1, 0.15) is 63.9 Å². The van der Waals surface area contributed by atoms with E-state index >= 15 is 0 Å². The van der Waals surface area contributed by atoms with Crippen molar-refractivity contribution in [2.45, 2.75) is 71.4 Å². The maximum Gasteiger partial charge on any atom is 0.0954 e. The van der Waals surface area contributed by atoms with Crippen molar-refractivity contribution in [3.05, 3.63) is 17.7 Å². The van der Waals surface area contributed by atoms with Gasteiger partial charge in [-0.05, 0) is 56.9 Å². The summed E-state index contributed by atoms with van der Waals surface area (Å²) in [6.45, 7) is 8.13. The van der Waals surface area contributed by atoms with Crippen LogP contribution < -0.4 is 5.32 Å². The van der Waals surface area contributed by atoms with E-state index in [0.29, 0.717) is 12.1 Å². The fourth-order valence-electron chi connectivity index (χ4n) is 4.52. The Morgan fingerprint density at radius 3 is 2.85 bits per heavy atom. The van der Waals surface area contributed by atoms with Crippen molar-refractivity contribution < 1.29 is 0 Å². The van der Waals surface area contributed by atoms with Gasteiger partial charge in [-0.25, -0.2) is 4.98 Å². The van der Waals surface area contributed by atoms with E-state index in [4.69, 9.17) is 4.98 Å². The SMILES string of the molecule is CCNC1CC(C)CC(C)C1n1cnc2c1CCCC2. The minimum Gasteiger partial charge on any atom is -0.329 e. The minimum absolute atomic E-state index is 0.598. The lowest BCUT2D eigenvalue weighted by molar-refractivity contribution is 0.152. The van der Waals surface area contributed by atoms with E-state index in [1.54, 1.807) is 0 Å². The Bertz CT molecular complexity index is 451. The van der Waals surface area contributed by atoms with Crippen LogP contribution in [-0.4, -0.2) is 22.1 Å². The van der Waals surface area contributed by atoms with E-state index in [1.165, 1.54) is 49.9 Å². The molecule has 0 bridgehead atoms. The average Bonchev–Trinajstić information content (AvgIpc) is 2.82. The van der Waals surface area contributed by atoms with E-state index in [9.17, 15) is 0 Å². The summed E-state index contributed by atoms with van der Waals surface area (Å²) >= 11 is 0. The van der Waals surface area contributed by atoms with E-state index in [2.05, 4.69) is 37.0 Å². The van der Waals surface area contributed by atoms with Crippen LogP contribution in [0.15, 0.2) is 6.33 Å². The molecule has 0 aliphatic heterocycles. The van der Waals surface area contributed by atoms with E-state index in [1.807, 2.05) is 0 Å². The van der Waals surface area contributed by atoms with Gasteiger partial charge in [0.15, 0.2) is 0 Å². The number of rotatable bonds is 3. The highest BCUT2D eigenvalue weighted by molar-refractivity contribution is 5.18. The zero-order valence-corrected chi connectivity index (χ0v) is 13.2. The highest BCUT2D eigenvalue weighted by atomic mass is 15.1. The highest BCUT2D eigenvalue weighted by Gasteiger charge is 2.36. The molecule has 3 rings (SSSR count). The van der Waals surface area contributed by atoms with Crippen LogP contribution >= 0.6 is 0 Å². The first kappa shape index (κ1) is 14.1. The molecule has 0 radical (unpaired) electrons. The molecule has 0 saturated heterocycles. The van der Waals surface area contributed by atoms with Crippen molar-refractivity contribution in [1.82, 2.24) is 14.9 Å². The van der Waals surface area contributed by atoms with E-state index in [0.717, 1.165) is 18.4 Å². The molecule has 0 spiro atoms. The van der Waals surface area contributed by atoms with Gasteiger partial charge in [0, 0.05) is 11.7 Å². The lowest BCUT2D eigenvalue weighted by atomic mass is 9.76. The normalized spacial score (nSPS) is 34.0. The second kappa shape index (κ2) is 5.88. The third kappa shape index (κ3) is 2.52. The molecule has 0 aromatic carbocycles. The van der Waals surface area contributed by atoms with Crippen LogP contribution in [0.4, 0.5) is 0 Å². The summed E-state index contributed by atoms with van der Waals surface area (Å²) in [5, 5.41) is 3.74. The molecular formula is C17H29N3. The van der Waals surface area contributed by atoms with Crippen molar-refractivity contribution in [2.24, 2.45) is 11.8 Å². The van der Waals surface area contributed by atoms with E-state index < -0.39 is 0 Å². The number of nitrogens with one attached hydrogen (secondary N) is 1. The fraction of sp³-hybridized carbons (Fsp3) is 0.824. The standard InChI is InChI=1S/C17H29N3/c1-4-18-15-10-12(2)9-13(3)17(15)20-11-19-14-7-5-6-8-16(14)20/h11-13,15,17-18H,4-10H2,1-3H3. The second-order valence-corrected chi connectivity index (χ2v) is 6.96. The maximum atomic E-state index is 4.72. The monoisotopic (exact) mass is 275 g/mol. The summed E-state index contributed by atoms with van der Waals surface area (Å²) in [4.78, 5) is 4.72. The topological polar surface area (TPSA) is 29.9 Å². The van der Waals surface area contributed by atoms with Gasteiger partial charge in [0.2, 0.25) is 0 Å². The van der Waals surface area contributed by atoms with Crippen molar-refractivity contribution in [2.75, 3.05) is 6.54 Å². The summed E-state index contributed by atoms with van der Waals surface area (Å²) in [6, 6.07) is 1.21. The molecule has 1 N–H and O–H groups in total. The lowest BCUT2D eigenvalue weighted by Gasteiger charge is -2.41. The summed E-state index contributed by atoms with van der Waals surface area (Å²) in [6.07, 6.45) is 9.85. The first-order chi connectivity index (χ1) is 9.70. The highest BCUT2D eigenvalue weighted by Crippen LogP contribution is 2.39. The molecule has 1 aromatic heterocycles. The number of hydrogen-bond acceptors (Lipinski definition) is 2. The van der Waals surface area contributed by atoms with Crippen molar-refractivity contribution in [1.29, 1.82) is 0 Å². The summed E-state index contributed by atoms with van der Waals surface area (Å²) in [7, 11) is 0. The molecule has 0 amide bonds. The number of imidazole rings is 1. The van der Waals surface area contributed by atoms with Crippen molar-refractivity contribution >= 4 is 0 Å². The molecule has 1 saturated carbocycles. The number of aromatic nitrogens is 2. The summed E-state index contributed by atoms with van der Waals surface area (Å²) < 4.78 is 2.54. The van der Waals surface area contributed by atoms with E-state index in [-0.39, 0.29) is 0 Å². The molecule has 4 unspecified atom stereocenters. The van der Waals surface area contributed by atoms with Gasteiger partial charge in [-0.3, -0.25) is 0 Å². The largest absolute Gasteiger partial charge is 0.329 e. The zero-order chi connectivity index (χ0) is 14.1. The Morgan fingerprint density at radius 2 is 2.05 bits per heavy atom. The Labute approximate surface area is 123 Å². The third-order valence-corrected chi connectivity index (χ3v) is 5.27. The first-order valence-corrected chi connectivity index (χ1v) is 8.48. The van der Waals surface area contributed by atoms with Crippen LogP contribution in [0.3, 0.4) is 0 Å². The second-order valence-electron chi connectivity index (χ2n) is 6.96. The first-order valence-electron chi connectivity index (χ1n) is 8.48. The average molecular weight is 275 g/mol. The molecule has 3 nitrogen and oxygen atoms in total. The molecule has 4 atom stereocenters. The summed E-state index contributed by atoms with van der Waals surface area (Å²) in [5.74, 6) is 1.58. The predicted octanol–water partition coefficient (Wildman–Crippen LogP) is 3.35. The molecule has 1 fully saturated rings. The minimum atomic E-state index is 0.598. The van der Waals surface area contributed by atoms with Crippen LogP contribution in [-0.2, 0) is 12.8 Å². The third-order valence-electron chi connectivity index (χ3n) is 5.27. The molecule has 3 heteroatoms. The zero-order valence-electron chi connectivity index (χ0n) is 13.2. The van der Waals surface area contributed by atoms with Gasteiger partial charge in [0.25, 0.3) is 0 Å². The lowest BCUT2D eigenvalue weighted by Crippen LogP contribution is -2.45. The van der Waals surface area contributed by atoms with Gasteiger partial charge in [0.1, 0.15) is 0 Å². The van der Waals surface area contributed by atoms with Crippen LogP contribution in [0, 0.1) is 11.8 Å². The van der Waals surface area contributed by atoms with Crippen LogP contribution in [0.2, 0.25) is 0 Å². The predicted molar refractivity (Wildman–Crippen MR) is 82.9 cm³/mol. The molecule has 2 aliphatic carbocycles. The van der Waals surface area contributed by atoms with Crippen LogP contribution in [0.5, 0.6) is 0 Å². The molecular weight excluding hydrogens is 246 g/mol. The fourth-order valence-corrected chi connectivity index (χ4v) is 4.52. The number of hydrogen-bond donors (Lipinski definition) is 1. The molecule has 112 valence electrons. The number of nitrogens with zero attached hydrogens (tertiary/aromatic N) is 2. The number of fused-ring (bicyclic) bond motifs is 1. The number of likely N-dealkylation sites (N-methyl/N-ethyl adjacent to an activating group) is 1. The van der Waals surface area contributed by atoms with Gasteiger partial charge in [0.05, 0.1) is 18.1 Å². The Morgan fingerprint density at radius 1 is 1.25 bits per heavy atom. The number of aryl methyl sites for hydroxylation is 1. The van der Waals surface area contributed by atoms with Gasteiger partial charge in [-0.15, -0.1) is 0 Å². The van der Waals surface area contributed by atoms with Gasteiger partial charge in [-0.2, -0.15) is 0 Å². The van der Waals surface area contributed by atoms with Crippen molar-refractivity contribution in [3.8, 4) is 0 Å². The van der Waals surface area contributed by atoms with Gasteiger partial charge >= 0.3 is 0 Å². The molecule has 20 heavy (non-hydrogen) atoms. The molecule has 1 aromatic rings. The van der Waals surface area contributed by atoms with Gasteiger partial charge < -0.3 is 9.88 Å². The maximum absolute atomic E-state index is 4.72. The molecule has 1 heterocycles. The molecule has 2 aliphatic rings. The van der Waals surface area contributed by atoms with Crippen LogP contribution in [0.25, 0.3) is 0 Å². The Balaban J connectivity index is 1.91. The Kier molecular flexibility index (Phi) is 4.16. The smallest absolute Gasteiger partial charge is 0.0954 e.